The first-order valence-electron chi connectivity index (χ1n) is 9.24. The minimum absolute atomic E-state index is 0.244. The normalized spacial score (nSPS) is 16.3. The molecule has 0 spiro atoms. The Hall–Kier alpha value is -2.60. The molecule has 1 aliphatic carbocycles. The lowest BCUT2D eigenvalue weighted by molar-refractivity contribution is 0.435. The van der Waals surface area contributed by atoms with Crippen LogP contribution in [0.5, 0.6) is 0 Å². The van der Waals surface area contributed by atoms with Crippen LogP contribution in [-0.4, -0.2) is 21.9 Å². The van der Waals surface area contributed by atoms with E-state index in [0.717, 1.165) is 34.5 Å². The molecule has 0 bridgehead atoms. The van der Waals surface area contributed by atoms with Crippen LogP contribution in [0.3, 0.4) is 0 Å². The van der Waals surface area contributed by atoms with Crippen LogP contribution in [0.1, 0.15) is 37.7 Å². The van der Waals surface area contributed by atoms with Crippen molar-refractivity contribution in [3.63, 3.8) is 0 Å². The van der Waals surface area contributed by atoms with Crippen molar-refractivity contribution in [2.45, 2.75) is 38.1 Å². The number of nitrogens with zero attached hydrogens (tertiary/aromatic N) is 4. The van der Waals surface area contributed by atoms with Gasteiger partial charge in [-0.05, 0) is 43.2 Å². The Morgan fingerprint density at radius 3 is 2.67 bits per heavy atom. The first-order valence-corrected chi connectivity index (χ1v) is 10.1. The number of benzene rings is 1. The maximum absolute atomic E-state index is 13.3. The molecule has 0 aliphatic heterocycles. The second-order valence-corrected chi connectivity index (χ2v) is 7.51. The van der Waals surface area contributed by atoms with Crippen LogP contribution in [0, 0.1) is 5.82 Å². The molecule has 138 valence electrons. The summed E-state index contributed by atoms with van der Waals surface area (Å²) in [6.07, 6.45) is 11.3. The standard InChI is InChI=1S/C21H21FN4S/c22-18-10-8-17(9-11-18)20-15-27-21(25-19-6-2-1-3-7-19)26(20)24-14-16-5-4-12-23-13-16/h4-5,8-15,19H,1-3,6-7H2. The SMILES string of the molecule is Fc1ccc(-c2csc(=NC3CCCCC3)n2N=Cc2cccnc2)cc1. The molecule has 1 fully saturated rings. The monoisotopic (exact) mass is 380 g/mol. The van der Waals surface area contributed by atoms with Crippen molar-refractivity contribution in [1.29, 1.82) is 0 Å². The first kappa shape index (κ1) is 17.8. The average molecular weight is 380 g/mol. The van der Waals surface area contributed by atoms with Crippen molar-refractivity contribution in [2.24, 2.45) is 10.1 Å². The maximum atomic E-state index is 13.3. The third-order valence-corrected chi connectivity index (χ3v) is 5.53. The predicted molar refractivity (Wildman–Crippen MR) is 107 cm³/mol. The zero-order chi connectivity index (χ0) is 18.5. The second kappa shape index (κ2) is 8.39. The van der Waals surface area contributed by atoms with Crippen molar-refractivity contribution < 1.29 is 4.39 Å². The van der Waals surface area contributed by atoms with Gasteiger partial charge in [0.1, 0.15) is 5.82 Å². The summed E-state index contributed by atoms with van der Waals surface area (Å²) in [6, 6.07) is 10.7. The van der Waals surface area contributed by atoms with Crippen molar-refractivity contribution >= 4 is 17.6 Å². The lowest BCUT2D eigenvalue weighted by Crippen LogP contribution is -2.19. The molecule has 4 nitrogen and oxygen atoms in total. The van der Waals surface area contributed by atoms with Gasteiger partial charge in [-0.3, -0.25) is 9.98 Å². The summed E-state index contributed by atoms with van der Waals surface area (Å²) in [7, 11) is 0. The fourth-order valence-corrected chi connectivity index (χ4v) is 4.17. The van der Waals surface area contributed by atoms with Gasteiger partial charge in [-0.1, -0.05) is 25.3 Å². The molecular formula is C21H21FN4S. The second-order valence-electron chi connectivity index (χ2n) is 6.67. The molecule has 2 heterocycles. The Morgan fingerprint density at radius 2 is 1.93 bits per heavy atom. The predicted octanol–water partition coefficient (Wildman–Crippen LogP) is 4.87. The topological polar surface area (TPSA) is 42.5 Å². The third kappa shape index (κ3) is 4.39. The number of pyridine rings is 1. The van der Waals surface area contributed by atoms with Crippen LogP contribution in [0.2, 0.25) is 0 Å². The first-order chi connectivity index (χ1) is 13.3. The lowest BCUT2D eigenvalue weighted by Gasteiger charge is -2.16. The number of hydrogen-bond acceptors (Lipinski definition) is 4. The minimum atomic E-state index is -0.244. The van der Waals surface area contributed by atoms with Crippen molar-refractivity contribution in [3.05, 3.63) is 70.4 Å². The fraction of sp³-hybridized carbons (Fsp3) is 0.286. The number of thiazole rings is 1. The molecule has 0 amide bonds. The largest absolute Gasteiger partial charge is 0.264 e. The molecule has 0 radical (unpaired) electrons. The zero-order valence-corrected chi connectivity index (χ0v) is 15.8. The molecule has 0 unspecified atom stereocenters. The highest BCUT2D eigenvalue weighted by Gasteiger charge is 2.14. The quantitative estimate of drug-likeness (QED) is 0.596. The van der Waals surface area contributed by atoms with Gasteiger partial charge < -0.3 is 0 Å². The average Bonchev–Trinajstić information content (AvgIpc) is 3.11. The number of rotatable bonds is 4. The lowest BCUT2D eigenvalue weighted by atomic mass is 9.96. The van der Waals surface area contributed by atoms with E-state index in [1.807, 2.05) is 22.2 Å². The summed E-state index contributed by atoms with van der Waals surface area (Å²) in [6.45, 7) is 0. The molecule has 0 atom stereocenters. The molecule has 1 saturated carbocycles. The maximum Gasteiger partial charge on any atom is 0.206 e. The van der Waals surface area contributed by atoms with Crippen LogP contribution in [-0.2, 0) is 0 Å². The Morgan fingerprint density at radius 1 is 1.11 bits per heavy atom. The summed E-state index contributed by atoms with van der Waals surface area (Å²) < 4.78 is 15.2. The molecule has 1 aliphatic rings. The molecule has 4 rings (SSSR count). The number of aromatic nitrogens is 2. The third-order valence-electron chi connectivity index (χ3n) is 4.70. The molecular weight excluding hydrogens is 359 g/mol. The Bertz CT molecular complexity index is 967. The zero-order valence-electron chi connectivity index (χ0n) is 15.0. The molecule has 2 aromatic heterocycles. The summed E-state index contributed by atoms with van der Waals surface area (Å²) >= 11 is 1.58. The van der Waals surface area contributed by atoms with Gasteiger partial charge in [0.15, 0.2) is 0 Å². The summed E-state index contributed by atoms with van der Waals surface area (Å²) in [5.41, 5.74) is 2.75. The minimum Gasteiger partial charge on any atom is -0.264 e. The molecule has 0 saturated heterocycles. The molecule has 6 heteroatoms. The molecule has 3 aromatic rings. The van der Waals surface area contributed by atoms with Crippen LogP contribution < -0.4 is 4.80 Å². The van der Waals surface area contributed by atoms with E-state index in [1.165, 1.54) is 31.4 Å². The van der Waals surface area contributed by atoms with Crippen molar-refractivity contribution in [2.75, 3.05) is 0 Å². The van der Waals surface area contributed by atoms with Gasteiger partial charge >= 0.3 is 0 Å². The van der Waals surface area contributed by atoms with Crippen LogP contribution in [0.15, 0.2) is 64.3 Å². The number of hydrogen-bond donors (Lipinski definition) is 0. The van der Waals surface area contributed by atoms with Gasteiger partial charge in [-0.15, -0.1) is 11.3 Å². The van der Waals surface area contributed by atoms with Gasteiger partial charge in [0.2, 0.25) is 4.80 Å². The molecule has 27 heavy (non-hydrogen) atoms. The van der Waals surface area contributed by atoms with E-state index in [1.54, 1.807) is 42.1 Å². The highest BCUT2D eigenvalue weighted by molar-refractivity contribution is 7.07. The van der Waals surface area contributed by atoms with E-state index in [4.69, 9.17) is 4.99 Å². The van der Waals surface area contributed by atoms with Gasteiger partial charge in [0, 0.05) is 28.9 Å². The van der Waals surface area contributed by atoms with E-state index >= 15 is 0 Å². The van der Waals surface area contributed by atoms with Gasteiger partial charge in [0.05, 0.1) is 18.0 Å². The highest BCUT2D eigenvalue weighted by atomic mass is 32.1. The van der Waals surface area contributed by atoms with Gasteiger partial charge in [-0.2, -0.15) is 5.10 Å². The van der Waals surface area contributed by atoms with E-state index in [2.05, 4.69) is 10.1 Å². The smallest absolute Gasteiger partial charge is 0.206 e. The van der Waals surface area contributed by atoms with E-state index in [-0.39, 0.29) is 5.82 Å². The number of halogens is 1. The van der Waals surface area contributed by atoms with Gasteiger partial charge in [0.25, 0.3) is 0 Å². The van der Waals surface area contributed by atoms with E-state index < -0.39 is 0 Å². The van der Waals surface area contributed by atoms with Crippen LogP contribution >= 0.6 is 11.3 Å². The summed E-state index contributed by atoms with van der Waals surface area (Å²) in [5, 5.41) is 6.71. The Labute approximate surface area is 161 Å². The highest BCUT2D eigenvalue weighted by Crippen LogP contribution is 2.23. The van der Waals surface area contributed by atoms with Gasteiger partial charge in [-0.25, -0.2) is 9.07 Å². The summed E-state index contributed by atoms with van der Waals surface area (Å²) in [5.74, 6) is -0.244. The van der Waals surface area contributed by atoms with Crippen LogP contribution in [0.4, 0.5) is 4.39 Å². The molecule has 1 aromatic carbocycles. The Balaban J connectivity index is 1.76. The van der Waals surface area contributed by atoms with Crippen molar-refractivity contribution in [1.82, 2.24) is 9.66 Å². The summed E-state index contributed by atoms with van der Waals surface area (Å²) in [4.78, 5) is 9.98. The van der Waals surface area contributed by atoms with Crippen LogP contribution in [0.25, 0.3) is 11.3 Å². The fourth-order valence-electron chi connectivity index (χ4n) is 3.26. The van der Waals surface area contributed by atoms with Crippen molar-refractivity contribution in [3.8, 4) is 11.3 Å². The van der Waals surface area contributed by atoms with E-state index in [0.29, 0.717) is 6.04 Å². The molecule has 0 N–H and O–H groups in total. The van der Waals surface area contributed by atoms with E-state index in [9.17, 15) is 4.39 Å². The Kier molecular flexibility index (Phi) is 5.53.